The fraction of sp³-hybridized carbons (Fsp3) is 0.364. The van der Waals surface area contributed by atoms with E-state index in [1.54, 1.807) is 25.3 Å². The van der Waals surface area contributed by atoms with Gasteiger partial charge in [-0.2, -0.15) is 5.26 Å². The summed E-state index contributed by atoms with van der Waals surface area (Å²) in [5.41, 5.74) is 3.26. The Hall–Kier alpha value is -3.00. The first kappa shape index (κ1) is 18.8. The lowest BCUT2D eigenvalue weighted by Crippen LogP contribution is -2.38. The number of hydrogen-bond acceptors (Lipinski definition) is 4. The van der Waals surface area contributed by atoms with Crippen LogP contribution < -0.4 is 14.8 Å². The molecule has 5 nitrogen and oxygen atoms in total. The zero-order valence-corrected chi connectivity index (χ0v) is 15.5. The molecule has 1 aliphatic carbocycles. The smallest absolute Gasteiger partial charge is 0.220 e. The molecular weight excluding hydrogens is 340 g/mol. The molecule has 0 aliphatic heterocycles. The summed E-state index contributed by atoms with van der Waals surface area (Å²) in [6.45, 7) is 0.420. The number of nitrogens with one attached hydrogen (secondary N) is 1. The lowest BCUT2D eigenvalue weighted by molar-refractivity contribution is -0.122. The average Bonchev–Trinajstić information content (AvgIpc) is 2.71. The van der Waals surface area contributed by atoms with E-state index < -0.39 is 0 Å². The Labute approximate surface area is 159 Å². The minimum absolute atomic E-state index is 0.0646. The number of amides is 1. The standard InChI is InChI=1S/C22H24N2O3/c1-26-21-13-16(15-23)8-11-20(21)27-12-4-7-22(25)24-19-10-9-17-5-2-3-6-18(17)14-19/h2-3,5-6,8,11,13,19H,4,7,9-10,12,14H2,1H3,(H,24,25). The average molecular weight is 364 g/mol. The van der Waals surface area contributed by atoms with Crippen LogP contribution in [0.1, 0.15) is 36.0 Å². The van der Waals surface area contributed by atoms with Crippen LogP contribution in [0.3, 0.4) is 0 Å². The van der Waals surface area contributed by atoms with Crippen LogP contribution in [0.25, 0.3) is 0 Å². The highest BCUT2D eigenvalue weighted by atomic mass is 16.5. The van der Waals surface area contributed by atoms with Gasteiger partial charge in [-0.1, -0.05) is 24.3 Å². The van der Waals surface area contributed by atoms with Gasteiger partial charge in [-0.05, 0) is 48.9 Å². The van der Waals surface area contributed by atoms with Gasteiger partial charge in [0.2, 0.25) is 5.91 Å². The van der Waals surface area contributed by atoms with Crippen LogP contribution in [-0.4, -0.2) is 25.7 Å². The lowest BCUT2D eigenvalue weighted by Gasteiger charge is -2.25. The van der Waals surface area contributed by atoms with Gasteiger partial charge in [-0.3, -0.25) is 4.79 Å². The van der Waals surface area contributed by atoms with Crippen molar-refractivity contribution in [2.75, 3.05) is 13.7 Å². The number of methoxy groups -OCH3 is 1. The number of nitrogens with zero attached hydrogens (tertiary/aromatic N) is 1. The predicted octanol–water partition coefficient (Wildman–Crippen LogP) is 3.40. The molecule has 1 aliphatic rings. The number of aryl methyl sites for hydroxylation is 1. The van der Waals surface area contributed by atoms with E-state index in [1.807, 2.05) is 0 Å². The summed E-state index contributed by atoms with van der Waals surface area (Å²) in [4.78, 5) is 12.2. The molecule has 0 saturated carbocycles. The van der Waals surface area contributed by atoms with Crippen molar-refractivity contribution in [3.05, 3.63) is 59.2 Å². The van der Waals surface area contributed by atoms with E-state index >= 15 is 0 Å². The van der Waals surface area contributed by atoms with Gasteiger partial charge in [0.25, 0.3) is 0 Å². The SMILES string of the molecule is COc1cc(C#N)ccc1OCCCC(=O)NC1CCc2ccccc2C1. The third kappa shape index (κ3) is 5.01. The van der Waals surface area contributed by atoms with Gasteiger partial charge < -0.3 is 14.8 Å². The van der Waals surface area contributed by atoms with Crippen molar-refractivity contribution < 1.29 is 14.3 Å². The molecule has 0 heterocycles. The normalized spacial score (nSPS) is 15.3. The van der Waals surface area contributed by atoms with E-state index in [-0.39, 0.29) is 11.9 Å². The molecule has 140 valence electrons. The Bertz CT molecular complexity index is 842. The Kier molecular flexibility index (Phi) is 6.32. The monoisotopic (exact) mass is 364 g/mol. The number of rotatable bonds is 7. The number of nitriles is 1. The van der Waals surface area contributed by atoms with Gasteiger partial charge in [0.15, 0.2) is 11.5 Å². The van der Waals surface area contributed by atoms with Crippen LogP contribution in [0.4, 0.5) is 0 Å². The van der Waals surface area contributed by atoms with Crippen LogP contribution in [-0.2, 0) is 17.6 Å². The van der Waals surface area contributed by atoms with Crippen LogP contribution in [0.15, 0.2) is 42.5 Å². The van der Waals surface area contributed by atoms with Crippen LogP contribution in [0, 0.1) is 11.3 Å². The van der Waals surface area contributed by atoms with Gasteiger partial charge in [-0.25, -0.2) is 0 Å². The van der Waals surface area contributed by atoms with Gasteiger partial charge in [0.05, 0.1) is 25.3 Å². The number of benzene rings is 2. The molecule has 0 spiro atoms. The predicted molar refractivity (Wildman–Crippen MR) is 103 cm³/mol. The van der Waals surface area contributed by atoms with Crippen LogP contribution in [0.5, 0.6) is 11.5 Å². The van der Waals surface area contributed by atoms with Crippen molar-refractivity contribution in [3.63, 3.8) is 0 Å². The van der Waals surface area contributed by atoms with Crippen molar-refractivity contribution in [2.24, 2.45) is 0 Å². The molecule has 0 bridgehead atoms. The van der Waals surface area contributed by atoms with E-state index in [9.17, 15) is 4.79 Å². The molecule has 0 radical (unpaired) electrons. The molecule has 2 aromatic rings. The van der Waals surface area contributed by atoms with Crippen molar-refractivity contribution >= 4 is 5.91 Å². The molecule has 3 rings (SSSR count). The van der Waals surface area contributed by atoms with Crippen molar-refractivity contribution in [1.29, 1.82) is 5.26 Å². The molecule has 0 aromatic heterocycles. The topological polar surface area (TPSA) is 71.3 Å². The maximum Gasteiger partial charge on any atom is 0.220 e. The summed E-state index contributed by atoms with van der Waals surface area (Å²) >= 11 is 0. The van der Waals surface area contributed by atoms with E-state index in [4.69, 9.17) is 14.7 Å². The summed E-state index contributed by atoms with van der Waals surface area (Å²) in [6.07, 6.45) is 3.96. The quantitative estimate of drug-likeness (QED) is 0.765. The second kappa shape index (κ2) is 9.09. The molecular formula is C22H24N2O3. The molecule has 27 heavy (non-hydrogen) atoms. The molecule has 1 amide bonds. The number of carbonyl (C=O) groups is 1. The first-order chi connectivity index (χ1) is 13.2. The van der Waals surface area contributed by atoms with E-state index in [1.165, 1.54) is 11.1 Å². The molecule has 5 heteroatoms. The molecule has 1 unspecified atom stereocenters. The second-order valence-electron chi connectivity index (χ2n) is 6.71. The van der Waals surface area contributed by atoms with Gasteiger partial charge in [0, 0.05) is 18.5 Å². The third-order valence-electron chi connectivity index (χ3n) is 4.81. The Morgan fingerprint density at radius 3 is 2.81 bits per heavy atom. The molecule has 0 fully saturated rings. The van der Waals surface area contributed by atoms with Gasteiger partial charge in [0.1, 0.15) is 0 Å². The zero-order valence-electron chi connectivity index (χ0n) is 15.5. The fourth-order valence-corrected chi connectivity index (χ4v) is 3.39. The molecule has 2 aromatic carbocycles. The van der Waals surface area contributed by atoms with E-state index in [0.29, 0.717) is 36.5 Å². The first-order valence-electron chi connectivity index (χ1n) is 9.26. The van der Waals surface area contributed by atoms with Crippen molar-refractivity contribution in [1.82, 2.24) is 5.32 Å². The summed E-state index contributed by atoms with van der Waals surface area (Å²) < 4.78 is 10.9. The van der Waals surface area contributed by atoms with E-state index in [0.717, 1.165) is 19.3 Å². The summed E-state index contributed by atoms with van der Waals surface area (Å²) in [6, 6.07) is 15.8. The van der Waals surface area contributed by atoms with Crippen molar-refractivity contribution in [2.45, 2.75) is 38.1 Å². The number of carbonyl (C=O) groups excluding carboxylic acids is 1. The Morgan fingerprint density at radius 1 is 1.22 bits per heavy atom. The zero-order chi connectivity index (χ0) is 19.1. The molecule has 1 atom stereocenters. The highest BCUT2D eigenvalue weighted by Crippen LogP contribution is 2.28. The number of hydrogen-bond donors (Lipinski definition) is 1. The first-order valence-corrected chi connectivity index (χ1v) is 9.26. The molecule has 0 saturated heterocycles. The summed E-state index contributed by atoms with van der Waals surface area (Å²) in [5, 5.41) is 12.1. The third-order valence-corrected chi connectivity index (χ3v) is 4.81. The van der Waals surface area contributed by atoms with Gasteiger partial charge >= 0.3 is 0 Å². The van der Waals surface area contributed by atoms with Crippen molar-refractivity contribution in [3.8, 4) is 17.6 Å². The number of ether oxygens (including phenoxy) is 2. The summed E-state index contributed by atoms with van der Waals surface area (Å²) in [7, 11) is 1.54. The maximum absolute atomic E-state index is 12.2. The van der Waals surface area contributed by atoms with Crippen LogP contribution >= 0.6 is 0 Å². The Morgan fingerprint density at radius 2 is 2.04 bits per heavy atom. The minimum atomic E-state index is 0.0646. The lowest BCUT2D eigenvalue weighted by atomic mass is 9.88. The maximum atomic E-state index is 12.2. The largest absolute Gasteiger partial charge is 0.493 e. The molecule has 1 N–H and O–H groups in total. The number of fused-ring (bicyclic) bond motifs is 1. The van der Waals surface area contributed by atoms with E-state index in [2.05, 4.69) is 35.7 Å². The summed E-state index contributed by atoms with van der Waals surface area (Å²) in [5.74, 6) is 1.18. The highest BCUT2D eigenvalue weighted by Gasteiger charge is 2.19. The van der Waals surface area contributed by atoms with Gasteiger partial charge in [-0.15, -0.1) is 0 Å². The Balaban J connectivity index is 1.41. The highest BCUT2D eigenvalue weighted by molar-refractivity contribution is 5.76. The van der Waals surface area contributed by atoms with Crippen LogP contribution in [0.2, 0.25) is 0 Å². The second-order valence-corrected chi connectivity index (χ2v) is 6.71. The minimum Gasteiger partial charge on any atom is -0.493 e. The fourth-order valence-electron chi connectivity index (χ4n) is 3.39.